The molecular formula is C19H26N6O2. The van der Waals surface area contributed by atoms with Crippen LogP contribution in [0.15, 0.2) is 24.3 Å². The van der Waals surface area contributed by atoms with Crippen LogP contribution in [0.3, 0.4) is 0 Å². The highest BCUT2D eigenvalue weighted by Crippen LogP contribution is 2.20. The molecule has 2 aromatic rings. The smallest absolute Gasteiger partial charge is 0.274 e. The molecular weight excluding hydrogens is 344 g/mol. The van der Waals surface area contributed by atoms with Crippen molar-refractivity contribution in [3.05, 3.63) is 41.2 Å². The Morgan fingerprint density at radius 2 is 2.07 bits per heavy atom. The SMILES string of the molecule is CCc1cccc(NC(=O)CNC(=O)c2nnn(C3CCNCC3)c2C)c1. The quantitative estimate of drug-likeness (QED) is 0.714. The van der Waals surface area contributed by atoms with Crippen molar-refractivity contribution in [2.45, 2.75) is 39.2 Å². The van der Waals surface area contributed by atoms with Gasteiger partial charge in [0, 0.05) is 5.69 Å². The first-order valence-electron chi connectivity index (χ1n) is 9.38. The molecule has 3 rings (SSSR count). The van der Waals surface area contributed by atoms with Gasteiger partial charge in [0.1, 0.15) is 0 Å². The molecule has 0 bridgehead atoms. The Labute approximate surface area is 158 Å². The number of carbonyl (C=O) groups is 2. The van der Waals surface area contributed by atoms with Gasteiger partial charge in [-0.15, -0.1) is 5.10 Å². The highest BCUT2D eigenvalue weighted by Gasteiger charge is 2.23. The predicted molar refractivity (Wildman–Crippen MR) is 103 cm³/mol. The van der Waals surface area contributed by atoms with E-state index in [-0.39, 0.29) is 30.1 Å². The lowest BCUT2D eigenvalue weighted by molar-refractivity contribution is -0.115. The van der Waals surface area contributed by atoms with Gasteiger partial charge in [0.25, 0.3) is 5.91 Å². The Bertz CT molecular complexity index is 810. The van der Waals surface area contributed by atoms with Gasteiger partial charge in [0.15, 0.2) is 5.69 Å². The molecule has 1 fully saturated rings. The van der Waals surface area contributed by atoms with Gasteiger partial charge in [-0.2, -0.15) is 0 Å². The Morgan fingerprint density at radius 1 is 1.30 bits per heavy atom. The van der Waals surface area contributed by atoms with Gasteiger partial charge in [-0.25, -0.2) is 4.68 Å². The molecule has 2 heterocycles. The fraction of sp³-hybridized carbons (Fsp3) is 0.474. The summed E-state index contributed by atoms with van der Waals surface area (Å²) in [5.74, 6) is -0.662. The van der Waals surface area contributed by atoms with Crippen molar-refractivity contribution in [1.29, 1.82) is 0 Å². The lowest BCUT2D eigenvalue weighted by Gasteiger charge is -2.23. The predicted octanol–water partition coefficient (Wildman–Crippen LogP) is 1.44. The number of carbonyl (C=O) groups excluding carboxylic acids is 2. The van der Waals surface area contributed by atoms with Crippen LogP contribution in [0, 0.1) is 6.92 Å². The van der Waals surface area contributed by atoms with E-state index in [0.29, 0.717) is 0 Å². The van der Waals surface area contributed by atoms with Gasteiger partial charge in [-0.3, -0.25) is 9.59 Å². The van der Waals surface area contributed by atoms with Crippen LogP contribution >= 0.6 is 0 Å². The minimum absolute atomic E-state index is 0.116. The number of nitrogens with zero attached hydrogens (tertiary/aromatic N) is 3. The summed E-state index contributed by atoms with van der Waals surface area (Å²) in [5, 5.41) is 16.9. The number of nitrogens with one attached hydrogen (secondary N) is 3. The van der Waals surface area contributed by atoms with Gasteiger partial charge in [-0.05, 0) is 57.0 Å². The molecule has 1 aliphatic rings. The average molecular weight is 370 g/mol. The molecule has 3 N–H and O–H groups in total. The second kappa shape index (κ2) is 8.77. The zero-order chi connectivity index (χ0) is 19.2. The van der Waals surface area contributed by atoms with Gasteiger partial charge in [0.05, 0.1) is 18.3 Å². The summed E-state index contributed by atoms with van der Waals surface area (Å²) in [6.07, 6.45) is 2.82. The van der Waals surface area contributed by atoms with E-state index in [1.54, 1.807) is 0 Å². The molecule has 0 unspecified atom stereocenters. The minimum Gasteiger partial charge on any atom is -0.342 e. The molecule has 0 aliphatic carbocycles. The number of benzene rings is 1. The maximum absolute atomic E-state index is 12.4. The summed E-state index contributed by atoms with van der Waals surface area (Å²) in [7, 11) is 0. The Balaban J connectivity index is 1.55. The lowest BCUT2D eigenvalue weighted by Crippen LogP contribution is -2.33. The summed E-state index contributed by atoms with van der Waals surface area (Å²) in [6, 6.07) is 7.92. The molecule has 8 heteroatoms. The molecule has 27 heavy (non-hydrogen) atoms. The van der Waals surface area contributed by atoms with Crippen molar-refractivity contribution in [3.63, 3.8) is 0 Å². The van der Waals surface area contributed by atoms with Crippen molar-refractivity contribution >= 4 is 17.5 Å². The number of hydrogen-bond acceptors (Lipinski definition) is 5. The highest BCUT2D eigenvalue weighted by atomic mass is 16.2. The summed E-state index contributed by atoms with van der Waals surface area (Å²) >= 11 is 0. The molecule has 0 saturated carbocycles. The van der Waals surface area contributed by atoms with E-state index in [2.05, 4.69) is 33.2 Å². The topological polar surface area (TPSA) is 101 Å². The standard InChI is InChI=1S/C19H26N6O2/c1-3-14-5-4-6-15(11-14)22-17(26)12-21-19(27)18-13(2)25(24-23-18)16-7-9-20-10-8-16/h4-6,11,16,20H,3,7-10,12H2,1-2H3,(H,21,27)(H,22,26). The summed E-state index contributed by atoms with van der Waals surface area (Å²) in [5.41, 5.74) is 2.87. The molecule has 0 atom stereocenters. The maximum atomic E-state index is 12.4. The first kappa shape index (κ1) is 19.0. The third-order valence-corrected chi connectivity index (χ3v) is 4.83. The van der Waals surface area contributed by atoms with E-state index in [4.69, 9.17) is 0 Å². The highest BCUT2D eigenvalue weighted by molar-refractivity contribution is 5.98. The summed E-state index contributed by atoms with van der Waals surface area (Å²) in [4.78, 5) is 24.5. The molecule has 1 aliphatic heterocycles. The second-order valence-corrected chi connectivity index (χ2v) is 6.73. The van der Waals surface area contributed by atoms with Crippen LogP contribution < -0.4 is 16.0 Å². The van der Waals surface area contributed by atoms with Crippen LogP contribution in [0.25, 0.3) is 0 Å². The van der Waals surface area contributed by atoms with Crippen LogP contribution in [0.1, 0.15) is 47.6 Å². The number of amides is 2. The van der Waals surface area contributed by atoms with E-state index >= 15 is 0 Å². The largest absolute Gasteiger partial charge is 0.342 e. The van der Waals surface area contributed by atoms with Crippen LogP contribution in [0.4, 0.5) is 5.69 Å². The fourth-order valence-corrected chi connectivity index (χ4v) is 3.27. The number of hydrogen-bond donors (Lipinski definition) is 3. The van der Waals surface area contributed by atoms with Gasteiger partial charge in [0.2, 0.25) is 5.91 Å². The van der Waals surface area contributed by atoms with Crippen molar-refractivity contribution in [2.24, 2.45) is 0 Å². The van der Waals surface area contributed by atoms with Crippen molar-refractivity contribution in [3.8, 4) is 0 Å². The Kier molecular flexibility index (Phi) is 6.18. The number of aryl methyl sites for hydroxylation is 1. The van der Waals surface area contributed by atoms with Gasteiger partial charge < -0.3 is 16.0 Å². The Morgan fingerprint density at radius 3 is 2.81 bits per heavy atom. The molecule has 1 saturated heterocycles. The molecule has 144 valence electrons. The third-order valence-electron chi connectivity index (χ3n) is 4.83. The first-order valence-corrected chi connectivity index (χ1v) is 9.38. The lowest BCUT2D eigenvalue weighted by atomic mass is 10.1. The van der Waals surface area contributed by atoms with E-state index in [1.165, 1.54) is 0 Å². The van der Waals surface area contributed by atoms with Crippen LogP contribution in [-0.2, 0) is 11.2 Å². The van der Waals surface area contributed by atoms with E-state index < -0.39 is 0 Å². The Hall–Kier alpha value is -2.74. The van der Waals surface area contributed by atoms with Crippen molar-refractivity contribution in [1.82, 2.24) is 25.6 Å². The average Bonchev–Trinajstić information content (AvgIpc) is 3.08. The molecule has 1 aromatic heterocycles. The molecule has 0 radical (unpaired) electrons. The van der Waals surface area contributed by atoms with E-state index in [1.807, 2.05) is 35.9 Å². The van der Waals surface area contributed by atoms with Crippen LogP contribution in [-0.4, -0.2) is 46.4 Å². The number of anilines is 1. The fourth-order valence-electron chi connectivity index (χ4n) is 3.27. The maximum Gasteiger partial charge on any atom is 0.274 e. The zero-order valence-corrected chi connectivity index (χ0v) is 15.8. The third kappa shape index (κ3) is 4.71. The number of rotatable bonds is 6. The van der Waals surface area contributed by atoms with Crippen molar-refractivity contribution < 1.29 is 9.59 Å². The first-order chi connectivity index (χ1) is 13.1. The van der Waals surface area contributed by atoms with E-state index in [9.17, 15) is 9.59 Å². The molecule has 8 nitrogen and oxygen atoms in total. The number of piperidine rings is 1. The van der Waals surface area contributed by atoms with E-state index in [0.717, 1.165) is 49.3 Å². The monoisotopic (exact) mass is 370 g/mol. The molecule has 2 amide bonds. The van der Waals surface area contributed by atoms with Crippen LogP contribution in [0.5, 0.6) is 0 Å². The molecule has 0 spiro atoms. The van der Waals surface area contributed by atoms with Gasteiger partial charge >= 0.3 is 0 Å². The summed E-state index contributed by atoms with van der Waals surface area (Å²) < 4.78 is 1.83. The zero-order valence-electron chi connectivity index (χ0n) is 15.8. The van der Waals surface area contributed by atoms with Crippen molar-refractivity contribution in [2.75, 3.05) is 25.0 Å². The second-order valence-electron chi connectivity index (χ2n) is 6.73. The minimum atomic E-state index is -0.384. The molecule has 1 aromatic carbocycles. The van der Waals surface area contributed by atoms with Crippen LogP contribution in [0.2, 0.25) is 0 Å². The normalized spacial score (nSPS) is 14.7. The summed E-state index contributed by atoms with van der Waals surface area (Å²) in [6.45, 7) is 5.65. The number of aromatic nitrogens is 3. The van der Waals surface area contributed by atoms with Gasteiger partial charge in [-0.1, -0.05) is 24.3 Å².